The molecule has 16 heavy (non-hydrogen) atoms. The summed E-state index contributed by atoms with van der Waals surface area (Å²) in [5.41, 5.74) is 0.978. The van der Waals surface area contributed by atoms with Crippen molar-refractivity contribution in [3.8, 4) is 5.75 Å². The van der Waals surface area contributed by atoms with Crippen LogP contribution in [0.25, 0.3) is 0 Å². The van der Waals surface area contributed by atoms with Crippen molar-refractivity contribution in [2.45, 2.75) is 13.0 Å². The van der Waals surface area contributed by atoms with Gasteiger partial charge in [0.05, 0.1) is 11.6 Å². The number of fused-ring (bicyclic) bond motifs is 1. The molecule has 4 nitrogen and oxygen atoms in total. The molecule has 1 aromatic rings. The second-order valence-corrected chi connectivity index (χ2v) is 3.78. The van der Waals surface area contributed by atoms with Gasteiger partial charge in [0.15, 0.2) is 11.9 Å². The van der Waals surface area contributed by atoms with Gasteiger partial charge in [-0.3, -0.25) is 9.59 Å². The van der Waals surface area contributed by atoms with E-state index in [1.54, 1.807) is 25.1 Å². The SMILES string of the molecule is CC1Oc2ccc(C(=O)CCl)cc2NC1=O. The summed E-state index contributed by atoms with van der Waals surface area (Å²) >= 11 is 5.45. The fourth-order valence-electron chi connectivity index (χ4n) is 1.46. The molecule has 0 aromatic heterocycles. The fraction of sp³-hybridized carbons (Fsp3) is 0.273. The average molecular weight is 240 g/mol. The molecule has 0 saturated carbocycles. The van der Waals surface area contributed by atoms with Crippen LogP contribution in [0.1, 0.15) is 17.3 Å². The van der Waals surface area contributed by atoms with E-state index in [-0.39, 0.29) is 17.6 Å². The quantitative estimate of drug-likeness (QED) is 0.633. The highest BCUT2D eigenvalue weighted by Crippen LogP contribution is 2.30. The van der Waals surface area contributed by atoms with Crippen molar-refractivity contribution in [2.75, 3.05) is 11.2 Å². The Hall–Kier alpha value is -1.55. The standard InChI is InChI=1S/C11H10ClNO3/c1-6-11(15)13-8-4-7(9(14)5-12)2-3-10(8)16-6/h2-4,6H,5H2,1H3,(H,13,15). The number of carbonyl (C=O) groups is 2. The minimum Gasteiger partial charge on any atom is -0.479 e. The third kappa shape index (κ3) is 1.88. The second-order valence-electron chi connectivity index (χ2n) is 3.52. The molecule has 0 aliphatic carbocycles. The van der Waals surface area contributed by atoms with Crippen LogP contribution in [-0.2, 0) is 4.79 Å². The summed E-state index contributed by atoms with van der Waals surface area (Å²) in [4.78, 5) is 22.7. The van der Waals surface area contributed by atoms with Gasteiger partial charge in [0.25, 0.3) is 5.91 Å². The van der Waals surface area contributed by atoms with Gasteiger partial charge < -0.3 is 10.1 Å². The van der Waals surface area contributed by atoms with Gasteiger partial charge >= 0.3 is 0 Å². The van der Waals surface area contributed by atoms with Gasteiger partial charge in [0, 0.05) is 5.56 Å². The monoisotopic (exact) mass is 239 g/mol. The first-order valence-corrected chi connectivity index (χ1v) is 5.36. The van der Waals surface area contributed by atoms with Crippen LogP contribution >= 0.6 is 11.6 Å². The molecule has 0 spiro atoms. The Kier molecular flexibility index (Phi) is 2.83. The summed E-state index contributed by atoms with van der Waals surface area (Å²) in [6.45, 7) is 1.66. The molecule has 0 saturated heterocycles. The average Bonchev–Trinajstić information content (AvgIpc) is 2.29. The maximum Gasteiger partial charge on any atom is 0.265 e. The van der Waals surface area contributed by atoms with E-state index in [2.05, 4.69) is 5.32 Å². The molecule has 1 unspecified atom stereocenters. The minimum atomic E-state index is -0.512. The van der Waals surface area contributed by atoms with Crippen LogP contribution in [0, 0.1) is 0 Å². The summed E-state index contributed by atoms with van der Waals surface area (Å²) in [5.74, 6) is 0.0859. The Bertz CT molecular complexity index is 459. The lowest BCUT2D eigenvalue weighted by Crippen LogP contribution is -2.34. The van der Waals surface area contributed by atoms with Crippen LogP contribution in [0.5, 0.6) is 5.75 Å². The van der Waals surface area contributed by atoms with Crippen molar-refractivity contribution in [2.24, 2.45) is 0 Å². The van der Waals surface area contributed by atoms with E-state index in [0.29, 0.717) is 17.0 Å². The third-order valence-electron chi connectivity index (χ3n) is 2.35. The number of ether oxygens (including phenoxy) is 1. The molecule has 1 aliphatic rings. The van der Waals surface area contributed by atoms with Crippen molar-refractivity contribution in [3.05, 3.63) is 23.8 Å². The molecule has 84 valence electrons. The molecule has 0 fully saturated rings. The van der Waals surface area contributed by atoms with Gasteiger partial charge in [0.1, 0.15) is 5.75 Å². The van der Waals surface area contributed by atoms with Crippen LogP contribution < -0.4 is 10.1 Å². The zero-order valence-electron chi connectivity index (χ0n) is 8.62. The van der Waals surface area contributed by atoms with Gasteiger partial charge in [-0.1, -0.05) is 0 Å². The fourth-order valence-corrected chi connectivity index (χ4v) is 1.61. The number of hydrogen-bond acceptors (Lipinski definition) is 3. The first-order chi connectivity index (χ1) is 7.61. The highest BCUT2D eigenvalue weighted by molar-refractivity contribution is 6.30. The number of rotatable bonds is 2. The molecule has 2 rings (SSSR count). The Morgan fingerprint density at radius 1 is 1.56 bits per heavy atom. The van der Waals surface area contributed by atoms with Crippen molar-refractivity contribution in [1.82, 2.24) is 0 Å². The number of anilines is 1. The van der Waals surface area contributed by atoms with Crippen molar-refractivity contribution < 1.29 is 14.3 Å². The lowest BCUT2D eigenvalue weighted by Gasteiger charge is -2.23. The zero-order chi connectivity index (χ0) is 11.7. The first-order valence-electron chi connectivity index (χ1n) is 4.82. The summed E-state index contributed by atoms with van der Waals surface area (Å²) in [6, 6.07) is 4.86. The first kappa shape index (κ1) is 11.0. The molecule has 0 bridgehead atoms. The molecule has 0 radical (unpaired) electrons. The van der Waals surface area contributed by atoms with E-state index in [4.69, 9.17) is 16.3 Å². The molecular weight excluding hydrogens is 230 g/mol. The molecule has 1 aromatic carbocycles. The molecule has 1 aliphatic heterocycles. The van der Waals surface area contributed by atoms with E-state index < -0.39 is 6.10 Å². The zero-order valence-corrected chi connectivity index (χ0v) is 9.38. The van der Waals surface area contributed by atoms with Crippen LogP contribution in [0.2, 0.25) is 0 Å². The molecular formula is C11H10ClNO3. The van der Waals surface area contributed by atoms with Crippen molar-refractivity contribution in [1.29, 1.82) is 0 Å². The molecule has 1 atom stereocenters. The summed E-state index contributed by atoms with van der Waals surface area (Å²) in [6.07, 6.45) is -0.512. The number of ketones is 1. The summed E-state index contributed by atoms with van der Waals surface area (Å²) < 4.78 is 5.36. The Labute approximate surface area is 97.5 Å². The second kappa shape index (κ2) is 4.14. The number of carbonyl (C=O) groups excluding carboxylic acids is 2. The normalized spacial score (nSPS) is 18.4. The van der Waals surface area contributed by atoms with Crippen LogP contribution in [0.4, 0.5) is 5.69 Å². The van der Waals surface area contributed by atoms with E-state index in [1.165, 1.54) is 0 Å². The van der Waals surface area contributed by atoms with E-state index >= 15 is 0 Å². The van der Waals surface area contributed by atoms with E-state index in [0.717, 1.165) is 0 Å². The largest absolute Gasteiger partial charge is 0.479 e. The van der Waals surface area contributed by atoms with Crippen LogP contribution in [0.3, 0.4) is 0 Å². The summed E-state index contributed by atoms with van der Waals surface area (Å²) in [7, 11) is 0. The lowest BCUT2D eigenvalue weighted by molar-refractivity contribution is -0.122. The number of benzene rings is 1. The van der Waals surface area contributed by atoms with Gasteiger partial charge in [-0.05, 0) is 25.1 Å². The predicted molar refractivity (Wildman–Crippen MR) is 60.2 cm³/mol. The van der Waals surface area contributed by atoms with Crippen LogP contribution in [-0.4, -0.2) is 23.7 Å². The van der Waals surface area contributed by atoms with Crippen LogP contribution in [0.15, 0.2) is 18.2 Å². The maximum absolute atomic E-state index is 11.4. The maximum atomic E-state index is 11.4. The van der Waals surface area contributed by atoms with E-state index in [1.807, 2.05) is 0 Å². The van der Waals surface area contributed by atoms with Crippen molar-refractivity contribution >= 4 is 29.0 Å². The Morgan fingerprint density at radius 3 is 3.00 bits per heavy atom. The molecule has 1 amide bonds. The van der Waals surface area contributed by atoms with E-state index in [9.17, 15) is 9.59 Å². The van der Waals surface area contributed by atoms with Gasteiger partial charge in [-0.25, -0.2) is 0 Å². The number of Topliss-reactive ketones (excluding diaryl/α,β-unsaturated/α-hetero) is 1. The van der Waals surface area contributed by atoms with Crippen molar-refractivity contribution in [3.63, 3.8) is 0 Å². The Morgan fingerprint density at radius 2 is 2.31 bits per heavy atom. The Balaban J connectivity index is 2.36. The number of hydrogen-bond donors (Lipinski definition) is 1. The number of halogens is 1. The van der Waals surface area contributed by atoms with Gasteiger partial charge in [0.2, 0.25) is 0 Å². The minimum absolute atomic E-state index is 0.0794. The molecule has 1 heterocycles. The molecule has 1 N–H and O–H groups in total. The highest BCUT2D eigenvalue weighted by Gasteiger charge is 2.23. The lowest BCUT2D eigenvalue weighted by atomic mass is 10.1. The number of amides is 1. The predicted octanol–water partition coefficient (Wildman–Crippen LogP) is 1.83. The molecule has 5 heteroatoms. The third-order valence-corrected chi connectivity index (χ3v) is 2.60. The van der Waals surface area contributed by atoms with Gasteiger partial charge in [-0.15, -0.1) is 11.6 Å². The summed E-state index contributed by atoms with van der Waals surface area (Å²) in [5, 5.41) is 2.67. The van der Waals surface area contributed by atoms with Gasteiger partial charge in [-0.2, -0.15) is 0 Å². The topological polar surface area (TPSA) is 55.4 Å². The number of nitrogens with one attached hydrogen (secondary N) is 1. The number of alkyl halides is 1. The smallest absolute Gasteiger partial charge is 0.265 e. The highest BCUT2D eigenvalue weighted by atomic mass is 35.5.